The van der Waals surface area contributed by atoms with Gasteiger partial charge in [0.25, 0.3) is 0 Å². The van der Waals surface area contributed by atoms with Crippen LogP contribution in [0.15, 0.2) is 24.5 Å². The fourth-order valence-electron chi connectivity index (χ4n) is 1.32. The molecule has 1 heterocycles. The van der Waals surface area contributed by atoms with Gasteiger partial charge in [-0.3, -0.25) is 0 Å². The molecule has 0 saturated carbocycles. The van der Waals surface area contributed by atoms with E-state index in [0.717, 1.165) is 22.9 Å². The van der Waals surface area contributed by atoms with Gasteiger partial charge >= 0.3 is 0 Å². The van der Waals surface area contributed by atoms with E-state index in [4.69, 9.17) is 5.73 Å². The molecule has 1 aromatic carbocycles. The fourth-order valence-corrected chi connectivity index (χ4v) is 1.74. The summed E-state index contributed by atoms with van der Waals surface area (Å²) >= 11 is 1.35. The van der Waals surface area contributed by atoms with Gasteiger partial charge in [0.1, 0.15) is 6.33 Å². The van der Waals surface area contributed by atoms with Gasteiger partial charge in [-0.05, 0) is 24.1 Å². The summed E-state index contributed by atoms with van der Waals surface area (Å²) in [5.74, 6) is 0. The zero-order chi connectivity index (χ0) is 10.7. The molecule has 0 aliphatic heterocycles. The second-order valence-electron chi connectivity index (χ2n) is 3.23. The van der Waals surface area contributed by atoms with E-state index < -0.39 is 0 Å². The molecule has 0 radical (unpaired) electrons. The summed E-state index contributed by atoms with van der Waals surface area (Å²) in [5.41, 5.74) is 8.95. The normalized spacial score (nSPS) is 10.2. The van der Waals surface area contributed by atoms with E-state index in [1.165, 1.54) is 17.1 Å². The summed E-state index contributed by atoms with van der Waals surface area (Å²) in [7, 11) is 0. The van der Waals surface area contributed by atoms with E-state index in [0.29, 0.717) is 0 Å². The van der Waals surface area contributed by atoms with Gasteiger partial charge in [-0.15, -0.1) is 0 Å². The van der Waals surface area contributed by atoms with Gasteiger partial charge in [0.05, 0.1) is 0 Å². The van der Waals surface area contributed by atoms with Gasteiger partial charge < -0.3 is 11.1 Å². The van der Waals surface area contributed by atoms with Crippen LogP contribution in [0.1, 0.15) is 11.1 Å². The topological polar surface area (TPSA) is 63.8 Å². The average Bonchev–Trinajstić information content (AvgIpc) is 2.73. The van der Waals surface area contributed by atoms with E-state index in [1.54, 1.807) is 6.33 Å². The minimum absolute atomic E-state index is 0.728. The van der Waals surface area contributed by atoms with Crippen LogP contribution in [0.5, 0.6) is 0 Å². The van der Waals surface area contributed by atoms with Crippen LogP contribution >= 0.6 is 11.5 Å². The zero-order valence-corrected chi connectivity index (χ0v) is 9.21. The van der Waals surface area contributed by atoms with Gasteiger partial charge in [-0.2, -0.15) is 4.37 Å². The van der Waals surface area contributed by atoms with Crippen LogP contribution < -0.4 is 11.1 Å². The number of nitrogen functional groups attached to an aromatic ring is 1. The summed E-state index contributed by atoms with van der Waals surface area (Å²) < 4.78 is 3.92. The summed E-state index contributed by atoms with van der Waals surface area (Å²) in [4.78, 5) is 4.05. The summed E-state index contributed by atoms with van der Waals surface area (Å²) in [6.07, 6.45) is 1.54. The number of nitrogens with zero attached hydrogens (tertiary/aromatic N) is 2. The maximum Gasteiger partial charge on any atom is 0.202 e. The van der Waals surface area contributed by atoms with Gasteiger partial charge in [0, 0.05) is 23.8 Å². The van der Waals surface area contributed by atoms with E-state index >= 15 is 0 Å². The lowest BCUT2D eigenvalue weighted by Gasteiger charge is -2.08. The highest BCUT2D eigenvalue weighted by molar-refractivity contribution is 7.09. The van der Waals surface area contributed by atoms with Gasteiger partial charge in [0.15, 0.2) is 0 Å². The van der Waals surface area contributed by atoms with Crippen molar-refractivity contribution in [2.75, 3.05) is 11.1 Å². The molecule has 0 atom stereocenters. The Labute approximate surface area is 92.3 Å². The van der Waals surface area contributed by atoms with E-state index in [2.05, 4.69) is 20.7 Å². The minimum Gasteiger partial charge on any atom is -0.399 e. The molecule has 15 heavy (non-hydrogen) atoms. The largest absolute Gasteiger partial charge is 0.399 e. The first-order valence-corrected chi connectivity index (χ1v) is 5.39. The number of hydrogen-bond donors (Lipinski definition) is 2. The van der Waals surface area contributed by atoms with Crippen molar-refractivity contribution >= 4 is 22.4 Å². The quantitative estimate of drug-likeness (QED) is 0.777. The van der Waals surface area contributed by atoms with E-state index in [-0.39, 0.29) is 0 Å². The zero-order valence-electron chi connectivity index (χ0n) is 8.40. The third kappa shape index (κ3) is 2.24. The molecule has 0 saturated heterocycles. The predicted octanol–water partition coefficient (Wildman–Crippen LogP) is 2.04. The maximum atomic E-state index is 5.82. The van der Waals surface area contributed by atoms with Crippen LogP contribution in [-0.4, -0.2) is 9.36 Å². The lowest BCUT2D eigenvalue weighted by atomic mass is 10.1. The number of hydrogen-bond acceptors (Lipinski definition) is 5. The first kappa shape index (κ1) is 9.92. The number of aromatic nitrogens is 2. The molecule has 2 aromatic rings. The van der Waals surface area contributed by atoms with Crippen molar-refractivity contribution in [2.24, 2.45) is 0 Å². The average molecular weight is 220 g/mol. The Balaban J connectivity index is 2.08. The van der Waals surface area contributed by atoms with Crippen molar-refractivity contribution < 1.29 is 0 Å². The SMILES string of the molecule is Cc1c(N)cccc1CNc1ncns1. The van der Waals surface area contributed by atoms with Crippen molar-refractivity contribution in [1.29, 1.82) is 0 Å². The van der Waals surface area contributed by atoms with Crippen LogP contribution in [-0.2, 0) is 6.54 Å². The number of anilines is 2. The molecule has 5 heteroatoms. The van der Waals surface area contributed by atoms with Crippen molar-refractivity contribution in [2.45, 2.75) is 13.5 Å². The van der Waals surface area contributed by atoms with E-state index in [1.807, 2.05) is 19.1 Å². The number of nitrogens with two attached hydrogens (primary N) is 1. The lowest BCUT2D eigenvalue weighted by Crippen LogP contribution is -2.02. The van der Waals surface area contributed by atoms with Crippen LogP contribution in [0.25, 0.3) is 0 Å². The molecule has 3 N–H and O–H groups in total. The molecule has 2 rings (SSSR count). The Morgan fingerprint density at radius 2 is 2.33 bits per heavy atom. The molecule has 0 aliphatic rings. The van der Waals surface area contributed by atoms with Crippen molar-refractivity contribution in [3.8, 4) is 0 Å². The third-order valence-electron chi connectivity index (χ3n) is 2.28. The number of rotatable bonds is 3. The molecule has 0 spiro atoms. The monoisotopic (exact) mass is 220 g/mol. The van der Waals surface area contributed by atoms with Crippen molar-refractivity contribution in [3.63, 3.8) is 0 Å². The number of benzene rings is 1. The second kappa shape index (κ2) is 4.27. The highest BCUT2D eigenvalue weighted by Gasteiger charge is 2.01. The molecule has 0 aliphatic carbocycles. The summed E-state index contributed by atoms with van der Waals surface area (Å²) in [6.45, 7) is 2.75. The molecule has 4 nitrogen and oxygen atoms in total. The fraction of sp³-hybridized carbons (Fsp3) is 0.200. The Kier molecular flexibility index (Phi) is 2.82. The third-order valence-corrected chi connectivity index (χ3v) is 2.90. The first-order valence-electron chi connectivity index (χ1n) is 4.62. The Morgan fingerprint density at radius 3 is 3.07 bits per heavy atom. The lowest BCUT2D eigenvalue weighted by molar-refractivity contribution is 1.11. The summed E-state index contributed by atoms with van der Waals surface area (Å²) in [5, 5.41) is 4.03. The molecule has 1 aromatic heterocycles. The van der Waals surface area contributed by atoms with Gasteiger partial charge in [-0.1, -0.05) is 12.1 Å². The molecule has 0 unspecified atom stereocenters. The first-order chi connectivity index (χ1) is 7.27. The van der Waals surface area contributed by atoms with Crippen LogP contribution in [0, 0.1) is 6.92 Å². The molecule has 78 valence electrons. The van der Waals surface area contributed by atoms with Crippen LogP contribution in [0.4, 0.5) is 10.8 Å². The summed E-state index contributed by atoms with van der Waals surface area (Å²) in [6, 6.07) is 5.92. The van der Waals surface area contributed by atoms with Crippen molar-refractivity contribution in [3.05, 3.63) is 35.7 Å². The predicted molar refractivity (Wildman–Crippen MR) is 62.8 cm³/mol. The standard InChI is InChI=1S/C10H12N4S/c1-7-8(3-2-4-9(7)11)5-12-10-13-6-14-15-10/h2-4,6H,5,11H2,1H3,(H,12,13,14). The maximum absolute atomic E-state index is 5.82. The molecular formula is C10H12N4S. The van der Waals surface area contributed by atoms with Crippen molar-refractivity contribution in [1.82, 2.24) is 9.36 Å². The van der Waals surface area contributed by atoms with E-state index in [9.17, 15) is 0 Å². The Morgan fingerprint density at radius 1 is 1.47 bits per heavy atom. The molecule has 0 amide bonds. The highest BCUT2D eigenvalue weighted by atomic mass is 32.1. The van der Waals surface area contributed by atoms with Gasteiger partial charge in [-0.25, -0.2) is 4.98 Å². The molecule has 0 fully saturated rings. The smallest absolute Gasteiger partial charge is 0.202 e. The Bertz CT molecular complexity index is 439. The van der Waals surface area contributed by atoms with Gasteiger partial charge in [0.2, 0.25) is 5.13 Å². The number of nitrogens with one attached hydrogen (secondary N) is 1. The van der Waals surface area contributed by atoms with Crippen LogP contribution in [0.3, 0.4) is 0 Å². The molecular weight excluding hydrogens is 208 g/mol. The van der Waals surface area contributed by atoms with Crippen LogP contribution in [0.2, 0.25) is 0 Å². The second-order valence-corrected chi connectivity index (χ2v) is 4.01. The Hall–Kier alpha value is -1.62. The molecule has 0 bridgehead atoms. The minimum atomic E-state index is 0.728. The highest BCUT2D eigenvalue weighted by Crippen LogP contribution is 2.17.